The third kappa shape index (κ3) is 2.34. The van der Waals surface area contributed by atoms with Crippen LogP contribution >= 0.6 is 15.9 Å². The third-order valence-corrected chi connectivity index (χ3v) is 3.93. The standard InChI is InChI=1S/C16H11BrN2O2/c17-10-3-1-9(2-4-10)15-12-6-5-11(20)7-14(12)21-16(19)13(15)8-18/h1-7,15,20H,19H2/t15-/m0/s1. The molecule has 1 atom stereocenters. The molecule has 1 aliphatic heterocycles. The molecular weight excluding hydrogens is 332 g/mol. The first-order valence-corrected chi connectivity index (χ1v) is 7.05. The van der Waals surface area contributed by atoms with E-state index in [0.29, 0.717) is 11.3 Å². The summed E-state index contributed by atoms with van der Waals surface area (Å²) in [4.78, 5) is 0. The van der Waals surface area contributed by atoms with Crippen LogP contribution in [0.4, 0.5) is 0 Å². The van der Waals surface area contributed by atoms with Crippen molar-refractivity contribution in [3.05, 3.63) is 69.5 Å². The number of phenolic OH excluding ortho intramolecular Hbond substituents is 1. The monoisotopic (exact) mass is 342 g/mol. The average molecular weight is 343 g/mol. The van der Waals surface area contributed by atoms with Crippen molar-refractivity contribution in [2.45, 2.75) is 5.92 Å². The van der Waals surface area contributed by atoms with Crippen LogP contribution in [0.2, 0.25) is 0 Å². The van der Waals surface area contributed by atoms with E-state index in [4.69, 9.17) is 10.5 Å². The van der Waals surface area contributed by atoms with E-state index in [0.717, 1.165) is 15.6 Å². The van der Waals surface area contributed by atoms with Gasteiger partial charge in [0, 0.05) is 16.1 Å². The van der Waals surface area contributed by atoms with Crippen LogP contribution in [-0.4, -0.2) is 5.11 Å². The van der Waals surface area contributed by atoms with Crippen molar-refractivity contribution in [1.29, 1.82) is 5.26 Å². The fraction of sp³-hybridized carbons (Fsp3) is 0.0625. The molecule has 4 nitrogen and oxygen atoms in total. The lowest BCUT2D eigenvalue weighted by atomic mass is 9.83. The van der Waals surface area contributed by atoms with Gasteiger partial charge in [0.05, 0.1) is 5.92 Å². The molecule has 2 aromatic carbocycles. The Hall–Kier alpha value is -2.45. The Morgan fingerprint density at radius 3 is 2.57 bits per heavy atom. The van der Waals surface area contributed by atoms with E-state index < -0.39 is 0 Å². The summed E-state index contributed by atoms with van der Waals surface area (Å²) >= 11 is 3.40. The Labute approximate surface area is 130 Å². The van der Waals surface area contributed by atoms with Crippen LogP contribution in [0.15, 0.2) is 58.4 Å². The van der Waals surface area contributed by atoms with Gasteiger partial charge in [0.25, 0.3) is 0 Å². The van der Waals surface area contributed by atoms with Crippen molar-refractivity contribution in [1.82, 2.24) is 0 Å². The minimum absolute atomic E-state index is 0.0727. The number of ether oxygens (including phenoxy) is 1. The van der Waals surface area contributed by atoms with Gasteiger partial charge in [-0.15, -0.1) is 0 Å². The Kier molecular flexibility index (Phi) is 3.32. The number of benzene rings is 2. The normalized spacial score (nSPS) is 16.9. The number of allylic oxidation sites excluding steroid dienone is 1. The molecular formula is C16H11BrN2O2. The highest BCUT2D eigenvalue weighted by Gasteiger charge is 2.30. The zero-order valence-corrected chi connectivity index (χ0v) is 12.5. The molecule has 1 heterocycles. The Balaban J connectivity index is 2.21. The van der Waals surface area contributed by atoms with Gasteiger partial charge in [-0.2, -0.15) is 5.26 Å². The first-order chi connectivity index (χ1) is 10.1. The number of aromatic hydroxyl groups is 1. The summed E-state index contributed by atoms with van der Waals surface area (Å²) in [6.07, 6.45) is 0. The molecule has 3 N–H and O–H groups in total. The SMILES string of the molecule is N#CC1=C(N)Oc2cc(O)ccc2[C@@H]1c1ccc(Br)cc1. The smallest absolute Gasteiger partial charge is 0.205 e. The minimum atomic E-state index is -0.299. The molecule has 21 heavy (non-hydrogen) atoms. The molecule has 3 rings (SSSR count). The van der Waals surface area contributed by atoms with E-state index in [2.05, 4.69) is 22.0 Å². The molecule has 0 amide bonds. The van der Waals surface area contributed by atoms with Crippen LogP contribution in [0.1, 0.15) is 17.0 Å². The molecule has 0 saturated carbocycles. The molecule has 0 saturated heterocycles. The number of nitrogens with two attached hydrogens (primary N) is 1. The molecule has 0 aliphatic carbocycles. The molecule has 1 aliphatic rings. The van der Waals surface area contributed by atoms with E-state index in [1.165, 1.54) is 6.07 Å². The molecule has 0 aromatic heterocycles. The van der Waals surface area contributed by atoms with Crippen LogP contribution in [0, 0.1) is 11.3 Å². The lowest BCUT2D eigenvalue weighted by Crippen LogP contribution is -2.20. The Morgan fingerprint density at radius 2 is 1.90 bits per heavy atom. The summed E-state index contributed by atoms with van der Waals surface area (Å²) in [5, 5.41) is 19.0. The van der Waals surface area contributed by atoms with Crippen molar-refractivity contribution in [2.24, 2.45) is 5.73 Å². The van der Waals surface area contributed by atoms with Gasteiger partial charge in [0.1, 0.15) is 23.1 Å². The van der Waals surface area contributed by atoms with Crippen LogP contribution in [0.3, 0.4) is 0 Å². The maximum atomic E-state index is 9.58. The number of hydrogen-bond donors (Lipinski definition) is 2. The van der Waals surface area contributed by atoms with E-state index in [-0.39, 0.29) is 17.6 Å². The summed E-state index contributed by atoms with van der Waals surface area (Å²) < 4.78 is 6.42. The number of nitriles is 1. The molecule has 104 valence electrons. The second kappa shape index (κ2) is 5.15. The van der Waals surface area contributed by atoms with Crippen LogP contribution < -0.4 is 10.5 Å². The highest BCUT2D eigenvalue weighted by atomic mass is 79.9. The number of halogens is 1. The summed E-state index contributed by atoms with van der Waals surface area (Å²) in [5.41, 5.74) is 7.97. The Bertz CT molecular complexity index is 776. The van der Waals surface area contributed by atoms with E-state index in [9.17, 15) is 10.4 Å². The maximum Gasteiger partial charge on any atom is 0.205 e. The molecule has 2 aromatic rings. The number of nitrogens with zero attached hydrogens (tertiary/aromatic N) is 1. The lowest BCUT2D eigenvalue weighted by Gasteiger charge is -2.26. The largest absolute Gasteiger partial charge is 0.508 e. The molecule has 0 bridgehead atoms. The zero-order chi connectivity index (χ0) is 15.0. The van der Waals surface area contributed by atoms with Crippen molar-refractivity contribution < 1.29 is 9.84 Å². The number of phenols is 1. The van der Waals surface area contributed by atoms with Crippen molar-refractivity contribution in [3.63, 3.8) is 0 Å². The topological polar surface area (TPSA) is 79.3 Å². The fourth-order valence-electron chi connectivity index (χ4n) is 2.44. The van der Waals surface area contributed by atoms with Gasteiger partial charge >= 0.3 is 0 Å². The highest BCUT2D eigenvalue weighted by molar-refractivity contribution is 9.10. The minimum Gasteiger partial charge on any atom is -0.508 e. The predicted molar refractivity (Wildman–Crippen MR) is 81.5 cm³/mol. The molecule has 0 radical (unpaired) electrons. The van der Waals surface area contributed by atoms with Crippen molar-refractivity contribution >= 4 is 15.9 Å². The Morgan fingerprint density at radius 1 is 1.19 bits per heavy atom. The number of rotatable bonds is 1. The molecule has 0 spiro atoms. The summed E-state index contributed by atoms with van der Waals surface area (Å²) in [5.74, 6) is 0.340. The highest BCUT2D eigenvalue weighted by Crippen LogP contribution is 2.43. The number of fused-ring (bicyclic) bond motifs is 1. The third-order valence-electron chi connectivity index (χ3n) is 3.41. The number of hydrogen-bond acceptors (Lipinski definition) is 4. The summed E-state index contributed by atoms with van der Waals surface area (Å²) in [6.45, 7) is 0. The molecule has 0 unspecified atom stereocenters. The van der Waals surface area contributed by atoms with Gasteiger partial charge < -0.3 is 15.6 Å². The molecule has 0 fully saturated rings. The zero-order valence-electron chi connectivity index (χ0n) is 10.9. The second-order valence-corrected chi connectivity index (χ2v) is 5.61. The summed E-state index contributed by atoms with van der Waals surface area (Å²) in [7, 11) is 0. The first kappa shape index (κ1) is 13.5. The second-order valence-electron chi connectivity index (χ2n) is 4.70. The molecule has 5 heteroatoms. The van der Waals surface area contributed by atoms with E-state index >= 15 is 0 Å². The van der Waals surface area contributed by atoms with Gasteiger partial charge in [0.15, 0.2) is 0 Å². The van der Waals surface area contributed by atoms with Crippen molar-refractivity contribution in [3.8, 4) is 17.6 Å². The van der Waals surface area contributed by atoms with Gasteiger partial charge in [-0.3, -0.25) is 0 Å². The van der Waals surface area contributed by atoms with Crippen LogP contribution in [0.5, 0.6) is 11.5 Å². The summed E-state index contributed by atoms with van der Waals surface area (Å²) in [6, 6.07) is 14.6. The first-order valence-electron chi connectivity index (χ1n) is 6.26. The average Bonchev–Trinajstić information content (AvgIpc) is 2.46. The predicted octanol–water partition coefficient (Wildman–Crippen LogP) is 3.37. The lowest BCUT2D eigenvalue weighted by molar-refractivity contribution is 0.388. The fourth-order valence-corrected chi connectivity index (χ4v) is 2.71. The van der Waals surface area contributed by atoms with E-state index in [1.807, 2.05) is 24.3 Å². The van der Waals surface area contributed by atoms with Gasteiger partial charge in [0.2, 0.25) is 5.88 Å². The van der Waals surface area contributed by atoms with Gasteiger partial charge in [-0.25, -0.2) is 0 Å². The van der Waals surface area contributed by atoms with E-state index in [1.54, 1.807) is 12.1 Å². The maximum absolute atomic E-state index is 9.58. The van der Waals surface area contributed by atoms with Crippen LogP contribution in [-0.2, 0) is 0 Å². The quantitative estimate of drug-likeness (QED) is 0.832. The van der Waals surface area contributed by atoms with Gasteiger partial charge in [-0.05, 0) is 23.8 Å². The van der Waals surface area contributed by atoms with Crippen molar-refractivity contribution in [2.75, 3.05) is 0 Å². The van der Waals surface area contributed by atoms with Crippen LogP contribution in [0.25, 0.3) is 0 Å². The van der Waals surface area contributed by atoms with Gasteiger partial charge in [-0.1, -0.05) is 34.1 Å².